The Labute approximate surface area is 145 Å². The molecular formula is C15H16BrF2N3O3. The van der Waals surface area contributed by atoms with Crippen LogP contribution >= 0.6 is 15.9 Å². The van der Waals surface area contributed by atoms with E-state index in [1.807, 2.05) is 6.92 Å². The zero-order valence-corrected chi connectivity index (χ0v) is 14.3. The second-order valence-electron chi connectivity index (χ2n) is 5.80. The average molecular weight is 404 g/mol. The van der Waals surface area contributed by atoms with Crippen molar-refractivity contribution in [1.29, 1.82) is 0 Å². The maximum absolute atomic E-state index is 13.7. The Morgan fingerprint density at radius 3 is 2.67 bits per heavy atom. The van der Waals surface area contributed by atoms with Crippen LogP contribution in [0.25, 0.3) is 11.3 Å². The third-order valence-corrected chi connectivity index (χ3v) is 4.82. The van der Waals surface area contributed by atoms with Gasteiger partial charge < -0.3 is 14.9 Å². The van der Waals surface area contributed by atoms with E-state index in [0.29, 0.717) is 6.42 Å². The van der Waals surface area contributed by atoms with Crippen LogP contribution in [0.5, 0.6) is 0 Å². The van der Waals surface area contributed by atoms with Crippen molar-refractivity contribution < 1.29 is 23.7 Å². The van der Waals surface area contributed by atoms with Gasteiger partial charge in [-0.25, -0.2) is 13.5 Å². The van der Waals surface area contributed by atoms with Crippen molar-refractivity contribution in [3.8, 4) is 11.3 Å². The van der Waals surface area contributed by atoms with Crippen LogP contribution in [0.4, 0.5) is 8.78 Å². The van der Waals surface area contributed by atoms with Gasteiger partial charge in [0.2, 0.25) is 0 Å². The number of hydrogen-bond acceptors (Lipinski definition) is 5. The van der Waals surface area contributed by atoms with Gasteiger partial charge in [0.25, 0.3) is 0 Å². The van der Waals surface area contributed by atoms with Crippen molar-refractivity contribution in [2.24, 2.45) is 0 Å². The molecule has 0 amide bonds. The predicted octanol–water partition coefficient (Wildman–Crippen LogP) is 2.06. The fourth-order valence-corrected chi connectivity index (χ4v) is 3.08. The molecule has 6 nitrogen and oxygen atoms in total. The molecule has 9 heteroatoms. The minimum Gasteiger partial charge on any atom is -0.394 e. The van der Waals surface area contributed by atoms with E-state index >= 15 is 0 Å². The summed E-state index contributed by atoms with van der Waals surface area (Å²) in [4.78, 5) is 0. The lowest BCUT2D eigenvalue weighted by Gasteiger charge is -2.37. The number of halogens is 3. The first-order valence-electron chi connectivity index (χ1n) is 7.41. The molecule has 0 aliphatic carbocycles. The Morgan fingerprint density at radius 1 is 1.38 bits per heavy atom. The average Bonchev–Trinajstić information content (AvgIpc) is 3.03. The number of benzene rings is 1. The summed E-state index contributed by atoms with van der Waals surface area (Å²) in [7, 11) is 0. The fraction of sp³-hybridized carbons (Fsp3) is 0.467. The van der Waals surface area contributed by atoms with Crippen molar-refractivity contribution in [3.63, 3.8) is 0 Å². The van der Waals surface area contributed by atoms with Gasteiger partial charge in [0.1, 0.15) is 29.5 Å². The number of aliphatic hydroxyl groups is 2. The van der Waals surface area contributed by atoms with E-state index in [4.69, 9.17) is 4.74 Å². The molecule has 1 aliphatic rings. The molecule has 1 aromatic carbocycles. The van der Waals surface area contributed by atoms with Crippen molar-refractivity contribution >= 4 is 15.9 Å². The number of aliphatic hydroxyl groups excluding tert-OH is 2. The highest BCUT2D eigenvalue weighted by Gasteiger charge is 2.37. The summed E-state index contributed by atoms with van der Waals surface area (Å²) in [6.07, 6.45) is 0.144. The Balaban J connectivity index is 1.90. The standard InChI is InChI=1S/C15H16BrF2N3O3/c1-7-2-12(15(23)13(6-22)24-7)21-5-11(19-20-21)8-3-9(17)14(16)10(18)4-8/h3-5,7,12-13,15,22-23H,2,6H2,1H3. The Kier molecular flexibility index (Phi) is 4.95. The second-order valence-corrected chi connectivity index (χ2v) is 6.59. The van der Waals surface area contributed by atoms with Crippen molar-refractivity contribution in [3.05, 3.63) is 34.4 Å². The third kappa shape index (κ3) is 3.21. The molecule has 3 rings (SSSR count). The van der Waals surface area contributed by atoms with Crippen LogP contribution in [0.2, 0.25) is 0 Å². The molecule has 2 N–H and O–H groups in total. The maximum atomic E-state index is 13.7. The van der Waals surface area contributed by atoms with E-state index < -0.39 is 29.9 Å². The van der Waals surface area contributed by atoms with E-state index in [1.54, 1.807) is 0 Å². The molecular weight excluding hydrogens is 388 g/mol. The molecule has 1 fully saturated rings. The molecule has 0 radical (unpaired) electrons. The SMILES string of the molecule is CC1CC(n2cc(-c3cc(F)c(Br)c(F)c3)nn2)C(O)C(CO)O1. The van der Waals surface area contributed by atoms with Crippen molar-refractivity contribution in [2.75, 3.05) is 6.61 Å². The summed E-state index contributed by atoms with van der Waals surface area (Å²) in [6.45, 7) is 1.52. The summed E-state index contributed by atoms with van der Waals surface area (Å²) in [5, 5.41) is 27.5. The lowest BCUT2D eigenvalue weighted by Crippen LogP contribution is -2.47. The van der Waals surface area contributed by atoms with Crippen LogP contribution in [-0.4, -0.2) is 50.1 Å². The third-order valence-electron chi connectivity index (χ3n) is 4.07. The normalized spacial score (nSPS) is 27.4. The summed E-state index contributed by atoms with van der Waals surface area (Å²) in [5.74, 6) is -1.47. The minimum atomic E-state index is -0.959. The van der Waals surface area contributed by atoms with Gasteiger partial charge in [0.15, 0.2) is 0 Å². The fourth-order valence-electron chi connectivity index (χ4n) is 2.85. The molecule has 4 unspecified atom stereocenters. The number of nitrogens with zero attached hydrogens (tertiary/aromatic N) is 3. The number of hydrogen-bond donors (Lipinski definition) is 2. The smallest absolute Gasteiger partial charge is 0.141 e. The van der Waals surface area contributed by atoms with E-state index in [1.165, 1.54) is 10.9 Å². The Hall–Kier alpha value is -1.42. The highest BCUT2D eigenvalue weighted by molar-refractivity contribution is 9.10. The lowest BCUT2D eigenvalue weighted by atomic mass is 9.96. The van der Waals surface area contributed by atoms with Crippen LogP contribution < -0.4 is 0 Å². The molecule has 0 saturated carbocycles. The summed E-state index contributed by atoms with van der Waals surface area (Å²) in [5.41, 5.74) is 0.528. The highest BCUT2D eigenvalue weighted by atomic mass is 79.9. The number of rotatable bonds is 3. The van der Waals surface area contributed by atoms with Gasteiger partial charge >= 0.3 is 0 Å². The topological polar surface area (TPSA) is 80.4 Å². The van der Waals surface area contributed by atoms with Gasteiger partial charge in [-0.2, -0.15) is 0 Å². The van der Waals surface area contributed by atoms with E-state index in [-0.39, 0.29) is 28.4 Å². The highest BCUT2D eigenvalue weighted by Crippen LogP contribution is 2.31. The molecule has 2 aromatic rings. The molecule has 0 spiro atoms. The Bertz CT molecular complexity index is 719. The predicted molar refractivity (Wildman–Crippen MR) is 84.2 cm³/mol. The quantitative estimate of drug-likeness (QED) is 0.766. The van der Waals surface area contributed by atoms with Gasteiger partial charge in [-0.05, 0) is 41.4 Å². The van der Waals surface area contributed by atoms with Crippen LogP contribution in [-0.2, 0) is 4.74 Å². The van der Waals surface area contributed by atoms with Crippen LogP contribution in [0.15, 0.2) is 22.8 Å². The summed E-state index contributed by atoms with van der Waals surface area (Å²) >= 11 is 2.82. The molecule has 4 atom stereocenters. The van der Waals surface area contributed by atoms with Gasteiger partial charge in [-0.3, -0.25) is 0 Å². The van der Waals surface area contributed by atoms with Crippen molar-refractivity contribution in [1.82, 2.24) is 15.0 Å². The number of aromatic nitrogens is 3. The van der Waals surface area contributed by atoms with E-state index in [9.17, 15) is 19.0 Å². The van der Waals surface area contributed by atoms with Crippen LogP contribution in [0.3, 0.4) is 0 Å². The van der Waals surface area contributed by atoms with Crippen LogP contribution in [0.1, 0.15) is 19.4 Å². The minimum absolute atomic E-state index is 0.175. The molecule has 1 aliphatic heterocycles. The molecule has 2 heterocycles. The van der Waals surface area contributed by atoms with Gasteiger partial charge in [-0.1, -0.05) is 5.21 Å². The summed E-state index contributed by atoms with van der Waals surface area (Å²) in [6, 6.07) is 1.86. The molecule has 1 aromatic heterocycles. The van der Waals surface area contributed by atoms with E-state index in [2.05, 4.69) is 26.2 Å². The summed E-state index contributed by atoms with van der Waals surface area (Å²) < 4.78 is 34.0. The zero-order chi connectivity index (χ0) is 17.4. The van der Waals surface area contributed by atoms with E-state index in [0.717, 1.165) is 12.1 Å². The second kappa shape index (κ2) is 6.83. The molecule has 130 valence electrons. The zero-order valence-electron chi connectivity index (χ0n) is 12.7. The molecule has 0 bridgehead atoms. The first-order chi connectivity index (χ1) is 11.4. The largest absolute Gasteiger partial charge is 0.394 e. The Morgan fingerprint density at radius 2 is 2.04 bits per heavy atom. The van der Waals surface area contributed by atoms with Gasteiger partial charge in [-0.15, -0.1) is 5.10 Å². The maximum Gasteiger partial charge on any atom is 0.141 e. The first-order valence-corrected chi connectivity index (χ1v) is 8.21. The van der Waals surface area contributed by atoms with Crippen LogP contribution in [0, 0.1) is 11.6 Å². The molecule has 1 saturated heterocycles. The lowest BCUT2D eigenvalue weighted by molar-refractivity contribution is -0.150. The molecule has 24 heavy (non-hydrogen) atoms. The monoisotopic (exact) mass is 403 g/mol. The van der Waals surface area contributed by atoms with Crippen molar-refractivity contribution in [2.45, 2.75) is 37.7 Å². The number of ether oxygens (including phenoxy) is 1. The first kappa shape index (κ1) is 17.4. The van der Waals surface area contributed by atoms with Gasteiger partial charge in [0.05, 0.1) is 29.4 Å². The van der Waals surface area contributed by atoms with Gasteiger partial charge in [0, 0.05) is 5.56 Å².